The maximum absolute atomic E-state index is 12.8. The summed E-state index contributed by atoms with van der Waals surface area (Å²) < 4.78 is 5.41. The van der Waals surface area contributed by atoms with Crippen LogP contribution in [-0.4, -0.2) is 48.2 Å². The number of hydrogen-bond donors (Lipinski definition) is 2. The molecule has 0 unspecified atom stereocenters. The van der Waals surface area contributed by atoms with Crippen molar-refractivity contribution in [2.75, 3.05) is 31.2 Å². The number of hydrogen-bond acceptors (Lipinski definition) is 6. The van der Waals surface area contributed by atoms with Gasteiger partial charge in [-0.2, -0.15) is 0 Å². The first-order chi connectivity index (χ1) is 14.1. The number of nitrogens with one attached hydrogen (secondary N) is 1. The van der Waals surface area contributed by atoms with Gasteiger partial charge in [0.2, 0.25) is 0 Å². The molecule has 1 aliphatic heterocycles. The molecule has 1 aliphatic rings. The first-order valence-corrected chi connectivity index (χ1v) is 9.32. The number of rotatable bonds is 6. The maximum atomic E-state index is 12.8. The highest BCUT2D eigenvalue weighted by Gasteiger charge is 2.16. The molecule has 1 saturated heterocycles. The number of nitrogens with zero attached hydrogens (tertiary/aromatic N) is 2. The summed E-state index contributed by atoms with van der Waals surface area (Å²) in [4.78, 5) is 30.4. The Hall–Kier alpha value is -3.29. The third kappa shape index (κ3) is 5.37. The lowest BCUT2D eigenvalue weighted by molar-refractivity contribution is -0.124. The van der Waals surface area contributed by atoms with Gasteiger partial charge in [-0.05, 0) is 48.9 Å². The molecule has 1 aromatic heterocycles. The molecule has 0 saturated carbocycles. The quantitative estimate of drug-likeness (QED) is 0.339. The van der Waals surface area contributed by atoms with E-state index >= 15 is 0 Å². The van der Waals surface area contributed by atoms with Crippen LogP contribution in [0, 0.1) is 6.92 Å². The standard InChI is InChI=1S/C22H23N3O4/c1-16-19(6-3-7-20(16)25-12-14-29-15-13-25)21(26)10-8-17-4-2-5-18(23-17)9-11-22(27)24-28/h2-11,28H,12-15H2,1H3,(H,24,27). The summed E-state index contributed by atoms with van der Waals surface area (Å²) in [7, 11) is 0. The molecule has 1 fully saturated rings. The van der Waals surface area contributed by atoms with Crippen LogP contribution in [-0.2, 0) is 9.53 Å². The maximum Gasteiger partial charge on any atom is 0.267 e. The lowest BCUT2D eigenvalue weighted by atomic mass is 10.0. The van der Waals surface area contributed by atoms with Gasteiger partial charge in [-0.1, -0.05) is 18.2 Å². The van der Waals surface area contributed by atoms with E-state index in [1.807, 2.05) is 25.1 Å². The summed E-state index contributed by atoms with van der Waals surface area (Å²) in [5.41, 5.74) is 5.30. The van der Waals surface area contributed by atoms with E-state index in [2.05, 4.69) is 9.88 Å². The van der Waals surface area contributed by atoms with Crippen molar-refractivity contribution in [3.63, 3.8) is 0 Å². The van der Waals surface area contributed by atoms with Gasteiger partial charge in [0.15, 0.2) is 5.78 Å². The lowest BCUT2D eigenvalue weighted by Crippen LogP contribution is -2.36. The Morgan fingerprint density at radius 1 is 1.07 bits per heavy atom. The number of hydroxylamine groups is 1. The summed E-state index contributed by atoms with van der Waals surface area (Å²) >= 11 is 0. The number of carbonyl (C=O) groups excluding carboxylic acids is 2. The minimum Gasteiger partial charge on any atom is -0.378 e. The third-order valence-electron chi connectivity index (χ3n) is 4.64. The molecule has 0 aliphatic carbocycles. The van der Waals surface area contributed by atoms with Gasteiger partial charge >= 0.3 is 0 Å². The molecule has 3 rings (SSSR count). The number of ether oxygens (including phenoxy) is 1. The van der Waals surface area contributed by atoms with Crippen LogP contribution in [0.5, 0.6) is 0 Å². The zero-order valence-electron chi connectivity index (χ0n) is 16.2. The molecule has 0 spiro atoms. The van der Waals surface area contributed by atoms with Crippen molar-refractivity contribution in [3.05, 3.63) is 71.1 Å². The van der Waals surface area contributed by atoms with Crippen LogP contribution in [0.15, 0.2) is 48.6 Å². The molecule has 7 nitrogen and oxygen atoms in total. The molecule has 29 heavy (non-hydrogen) atoms. The van der Waals surface area contributed by atoms with Crippen molar-refractivity contribution in [3.8, 4) is 0 Å². The second-order valence-corrected chi connectivity index (χ2v) is 6.54. The van der Waals surface area contributed by atoms with E-state index in [-0.39, 0.29) is 5.78 Å². The van der Waals surface area contributed by atoms with Gasteiger partial charge in [-0.3, -0.25) is 14.8 Å². The van der Waals surface area contributed by atoms with E-state index in [1.54, 1.807) is 24.3 Å². The minimum atomic E-state index is -0.640. The predicted octanol–water partition coefficient (Wildman–Crippen LogP) is 2.64. The zero-order chi connectivity index (χ0) is 20.6. The largest absolute Gasteiger partial charge is 0.378 e. The van der Waals surface area contributed by atoms with Crippen molar-refractivity contribution >= 4 is 29.5 Å². The topological polar surface area (TPSA) is 91.8 Å². The second kappa shape index (κ2) is 9.77. The van der Waals surface area contributed by atoms with Crippen LogP contribution in [0.1, 0.15) is 27.3 Å². The summed E-state index contributed by atoms with van der Waals surface area (Å²) in [6.45, 7) is 4.96. The van der Waals surface area contributed by atoms with Gasteiger partial charge in [0.1, 0.15) is 0 Å². The number of anilines is 1. The summed E-state index contributed by atoms with van der Waals surface area (Å²) in [6.07, 6.45) is 5.79. The fraction of sp³-hybridized carbons (Fsp3) is 0.227. The molecule has 0 radical (unpaired) electrons. The Kier molecular flexibility index (Phi) is 6.89. The van der Waals surface area contributed by atoms with Crippen LogP contribution >= 0.6 is 0 Å². The highest BCUT2D eigenvalue weighted by molar-refractivity contribution is 6.08. The van der Waals surface area contributed by atoms with Crippen molar-refractivity contribution in [1.29, 1.82) is 0 Å². The number of amides is 1. The first-order valence-electron chi connectivity index (χ1n) is 9.32. The minimum absolute atomic E-state index is 0.0972. The SMILES string of the molecule is Cc1c(C(=O)C=Cc2cccc(C=CC(=O)NO)n2)cccc1N1CCOCC1. The highest BCUT2D eigenvalue weighted by atomic mass is 16.5. The fourth-order valence-electron chi connectivity index (χ4n) is 3.14. The molecule has 0 bridgehead atoms. The van der Waals surface area contributed by atoms with E-state index in [0.29, 0.717) is 30.2 Å². The first kappa shape index (κ1) is 20.4. The molecule has 0 atom stereocenters. The van der Waals surface area contributed by atoms with E-state index in [4.69, 9.17) is 9.94 Å². The Labute approximate surface area is 169 Å². The average molecular weight is 393 g/mol. The van der Waals surface area contributed by atoms with Crippen LogP contribution in [0.3, 0.4) is 0 Å². The zero-order valence-corrected chi connectivity index (χ0v) is 16.2. The Morgan fingerprint density at radius 2 is 1.72 bits per heavy atom. The van der Waals surface area contributed by atoms with Gasteiger partial charge in [0.05, 0.1) is 24.6 Å². The number of ketones is 1. The van der Waals surface area contributed by atoms with Crippen molar-refractivity contribution < 1.29 is 19.5 Å². The molecule has 2 N–H and O–H groups in total. The lowest BCUT2D eigenvalue weighted by Gasteiger charge is -2.30. The van der Waals surface area contributed by atoms with Crippen molar-refractivity contribution in [1.82, 2.24) is 10.5 Å². The van der Waals surface area contributed by atoms with Crippen LogP contribution < -0.4 is 10.4 Å². The van der Waals surface area contributed by atoms with E-state index < -0.39 is 5.91 Å². The van der Waals surface area contributed by atoms with Crippen LogP contribution in [0.25, 0.3) is 12.2 Å². The molecular weight excluding hydrogens is 370 g/mol. The number of aromatic nitrogens is 1. The summed E-state index contributed by atoms with van der Waals surface area (Å²) in [6, 6.07) is 11.0. The van der Waals surface area contributed by atoms with Crippen molar-refractivity contribution in [2.24, 2.45) is 0 Å². The molecule has 7 heteroatoms. The van der Waals surface area contributed by atoms with Gasteiger partial charge in [0, 0.05) is 30.4 Å². The Morgan fingerprint density at radius 3 is 2.41 bits per heavy atom. The molecule has 150 valence electrons. The van der Waals surface area contributed by atoms with Gasteiger partial charge < -0.3 is 9.64 Å². The molecule has 2 aromatic rings. The molecule has 1 amide bonds. The normalized spacial score (nSPS) is 14.5. The van der Waals surface area contributed by atoms with Gasteiger partial charge in [0.25, 0.3) is 5.91 Å². The van der Waals surface area contributed by atoms with Crippen LogP contribution in [0.4, 0.5) is 5.69 Å². The molecule has 1 aromatic carbocycles. The van der Waals surface area contributed by atoms with Gasteiger partial charge in [-0.15, -0.1) is 0 Å². The van der Waals surface area contributed by atoms with E-state index in [1.165, 1.54) is 23.7 Å². The monoisotopic (exact) mass is 393 g/mol. The highest BCUT2D eigenvalue weighted by Crippen LogP contribution is 2.24. The number of pyridine rings is 1. The molecular formula is C22H23N3O4. The third-order valence-corrected chi connectivity index (χ3v) is 4.64. The van der Waals surface area contributed by atoms with Gasteiger partial charge in [-0.25, -0.2) is 10.5 Å². The summed E-state index contributed by atoms with van der Waals surface area (Å²) in [5.74, 6) is -0.737. The van der Waals surface area contributed by atoms with Crippen LogP contribution in [0.2, 0.25) is 0 Å². The number of allylic oxidation sites excluding steroid dienone is 1. The fourth-order valence-corrected chi connectivity index (χ4v) is 3.14. The Bertz CT molecular complexity index is 947. The second-order valence-electron chi connectivity index (χ2n) is 6.54. The predicted molar refractivity (Wildman–Crippen MR) is 111 cm³/mol. The molecule has 2 heterocycles. The summed E-state index contributed by atoms with van der Waals surface area (Å²) in [5, 5.41) is 8.52. The number of morpholine rings is 1. The number of benzene rings is 1. The van der Waals surface area contributed by atoms with Crippen molar-refractivity contribution in [2.45, 2.75) is 6.92 Å². The van der Waals surface area contributed by atoms with E-state index in [9.17, 15) is 9.59 Å². The smallest absolute Gasteiger partial charge is 0.267 e. The average Bonchev–Trinajstić information content (AvgIpc) is 2.77. The number of carbonyl (C=O) groups is 2. The Balaban J connectivity index is 1.76. The van der Waals surface area contributed by atoms with E-state index in [0.717, 1.165) is 24.3 Å².